The van der Waals surface area contributed by atoms with Gasteiger partial charge in [0.25, 0.3) is 5.91 Å². The number of hydrogen-bond donors (Lipinski definition) is 2. The van der Waals surface area contributed by atoms with Crippen LogP contribution < -0.4 is 5.73 Å². The number of carbonyl (C=O) groups is 1. The Kier molecular flexibility index (Phi) is 4.48. The Balaban J connectivity index is 3.04. The minimum absolute atomic E-state index is 0.165. The molecule has 4 nitrogen and oxygen atoms in total. The van der Waals surface area contributed by atoms with E-state index in [2.05, 4.69) is 0 Å². The van der Waals surface area contributed by atoms with E-state index in [1.807, 2.05) is 0 Å². The molecule has 0 aromatic heterocycles. The molecule has 1 aromatic carbocycles. The van der Waals surface area contributed by atoms with Crippen LogP contribution in [0.5, 0.6) is 0 Å². The molecule has 1 aromatic rings. The molecule has 0 atom stereocenters. The van der Waals surface area contributed by atoms with Crippen molar-refractivity contribution in [1.82, 2.24) is 4.90 Å². The smallest absolute Gasteiger partial charge is 0.255 e. The molecule has 0 saturated heterocycles. The molecule has 0 unspecified atom stereocenters. The Morgan fingerprint density at radius 2 is 2.00 bits per heavy atom. The first kappa shape index (κ1) is 15.1. The lowest BCUT2D eigenvalue weighted by Crippen LogP contribution is -2.39. The van der Waals surface area contributed by atoms with Crippen LogP contribution >= 0.6 is 23.2 Å². The van der Waals surface area contributed by atoms with E-state index in [9.17, 15) is 9.90 Å². The van der Waals surface area contributed by atoms with E-state index in [0.717, 1.165) is 0 Å². The second-order valence-electron chi connectivity index (χ2n) is 4.84. The third kappa shape index (κ3) is 3.77. The van der Waals surface area contributed by atoms with Gasteiger partial charge in [0.05, 0.1) is 21.2 Å². The number of halogens is 2. The second-order valence-corrected chi connectivity index (χ2v) is 5.62. The van der Waals surface area contributed by atoms with E-state index >= 15 is 0 Å². The van der Waals surface area contributed by atoms with Crippen molar-refractivity contribution in [2.45, 2.75) is 19.4 Å². The molecule has 1 rings (SSSR count). The summed E-state index contributed by atoms with van der Waals surface area (Å²) >= 11 is 11.8. The molecule has 0 aliphatic rings. The summed E-state index contributed by atoms with van der Waals surface area (Å²) in [6.45, 7) is 3.41. The molecule has 3 N–H and O–H groups in total. The van der Waals surface area contributed by atoms with Crippen molar-refractivity contribution in [3.8, 4) is 0 Å². The maximum Gasteiger partial charge on any atom is 0.255 e. The summed E-state index contributed by atoms with van der Waals surface area (Å²) < 4.78 is 0. The fourth-order valence-electron chi connectivity index (χ4n) is 1.62. The Morgan fingerprint density at radius 3 is 2.50 bits per heavy atom. The zero-order chi connectivity index (χ0) is 14.1. The number of benzene rings is 1. The van der Waals surface area contributed by atoms with Crippen LogP contribution in [0.2, 0.25) is 10.0 Å². The Morgan fingerprint density at radius 1 is 1.44 bits per heavy atom. The molecule has 0 radical (unpaired) electrons. The summed E-state index contributed by atoms with van der Waals surface area (Å²) in [6.07, 6.45) is 0. The Bertz CT molecular complexity index is 470. The topological polar surface area (TPSA) is 66.6 Å². The highest BCUT2D eigenvalue weighted by Crippen LogP contribution is 2.29. The van der Waals surface area contributed by atoms with Crippen LogP contribution in [0.15, 0.2) is 12.1 Å². The molecule has 0 aliphatic carbocycles. The fraction of sp³-hybridized carbons (Fsp3) is 0.417. The number of likely N-dealkylation sites (N-methyl/N-ethyl adjacent to an activating group) is 1. The van der Waals surface area contributed by atoms with Crippen LogP contribution in [0.25, 0.3) is 0 Å². The Hall–Kier alpha value is -0.970. The molecule has 0 bridgehead atoms. The maximum atomic E-state index is 12.2. The lowest BCUT2D eigenvalue weighted by atomic mass is 10.1. The molecule has 0 aliphatic heterocycles. The number of amides is 1. The van der Waals surface area contributed by atoms with Gasteiger partial charge in [0.2, 0.25) is 0 Å². The van der Waals surface area contributed by atoms with E-state index in [1.165, 1.54) is 17.0 Å². The molecule has 0 saturated carbocycles. The van der Waals surface area contributed by atoms with E-state index < -0.39 is 5.60 Å². The third-order valence-electron chi connectivity index (χ3n) is 2.25. The summed E-state index contributed by atoms with van der Waals surface area (Å²) in [5.74, 6) is -0.337. The normalized spacial score (nSPS) is 11.4. The minimum Gasteiger partial charge on any atom is -0.399 e. The van der Waals surface area contributed by atoms with Crippen LogP contribution in [0, 0.1) is 0 Å². The summed E-state index contributed by atoms with van der Waals surface area (Å²) in [5, 5.41) is 10.1. The van der Waals surface area contributed by atoms with Gasteiger partial charge < -0.3 is 15.7 Å². The summed E-state index contributed by atoms with van der Waals surface area (Å²) in [7, 11) is 1.58. The van der Waals surface area contributed by atoms with Crippen LogP contribution in [0.1, 0.15) is 24.2 Å². The standard InChI is InChI=1S/C12H16Cl2N2O2/c1-12(2,18)6-16(3)11(17)8-4-7(15)5-9(13)10(8)14/h4-5,18H,6,15H2,1-3H3. The van der Waals surface area contributed by atoms with Gasteiger partial charge in [0, 0.05) is 19.3 Å². The molecule has 100 valence electrons. The zero-order valence-electron chi connectivity index (χ0n) is 10.5. The van der Waals surface area contributed by atoms with Crippen molar-refractivity contribution in [2.24, 2.45) is 0 Å². The van der Waals surface area contributed by atoms with E-state index in [0.29, 0.717) is 5.69 Å². The number of hydrogen-bond acceptors (Lipinski definition) is 3. The lowest BCUT2D eigenvalue weighted by molar-refractivity contribution is 0.0368. The van der Waals surface area contributed by atoms with Crippen LogP contribution in [0.3, 0.4) is 0 Å². The van der Waals surface area contributed by atoms with Gasteiger partial charge in [-0.1, -0.05) is 23.2 Å². The zero-order valence-corrected chi connectivity index (χ0v) is 12.0. The Labute approximate surface area is 116 Å². The number of carbonyl (C=O) groups excluding carboxylic acids is 1. The lowest BCUT2D eigenvalue weighted by Gasteiger charge is -2.26. The van der Waals surface area contributed by atoms with Crippen molar-refractivity contribution in [3.63, 3.8) is 0 Å². The highest BCUT2D eigenvalue weighted by molar-refractivity contribution is 6.44. The van der Waals surface area contributed by atoms with Gasteiger partial charge in [-0.3, -0.25) is 4.79 Å². The van der Waals surface area contributed by atoms with Crippen LogP contribution in [0.4, 0.5) is 5.69 Å². The number of nitrogens with two attached hydrogens (primary N) is 1. The third-order valence-corrected chi connectivity index (χ3v) is 3.05. The maximum absolute atomic E-state index is 12.2. The number of anilines is 1. The van der Waals surface area contributed by atoms with E-state index in [1.54, 1.807) is 20.9 Å². The molecule has 0 heterocycles. The van der Waals surface area contributed by atoms with Crippen LogP contribution in [-0.2, 0) is 0 Å². The number of nitrogen functional groups attached to an aromatic ring is 1. The quantitative estimate of drug-likeness (QED) is 0.840. The average molecular weight is 291 g/mol. The molecule has 18 heavy (non-hydrogen) atoms. The van der Waals surface area contributed by atoms with Gasteiger partial charge in [-0.05, 0) is 26.0 Å². The fourth-order valence-corrected chi connectivity index (χ4v) is 2.04. The first-order valence-electron chi connectivity index (χ1n) is 5.34. The van der Waals surface area contributed by atoms with E-state index in [-0.39, 0.29) is 28.1 Å². The molecule has 1 amide bonds. The molecule has 6 heteroatoms. The number of nitrogens with zero attached hydrogens (tertiary/aromatic N) is 1. The minimum atomic E-state index is -0.985. The highest BCUT2D eigenvalue weighted by atomic mass is 35.5. The monoisotopic (exact) mass is 290 g/mol. The SMILES string of the molecule is CN(CC(C)(C)O)C(=O)c1cc(N)cc(Cl)c1Cl. The van der Waals surface area contributed by atoms with Crippen LogP contribution in [-0.4, -0.2) is 35.1 Å². The van der Waals surface area contributed by atoms with Crippen molar-refractivity contribution in [2.75, 3.05) is 19.3 Å². The summed E-state index contributed by atoms with van der Waals surface area (Å²) in [5.41, 5.74) is 5.24. The molecule has 0 spiro atoms. The largest absolute Gasteiger partial charge is 0.399 e. The van der Waals surface area contributed by atoms with Gasteiger partial charge >= 0.3 is 0 Å². The number of aliphatic hydroxyl groups is 1. The average Bonchev–Trinajstić information content (AvgIpc) is 2.19. The number of rotatable bonds is 3. The first-order valence-corrected chi connectivity index (χ1v) is 6.10. The van der Waals surface area contributed by atoms with Gasteiger partial charge in [-0.15, -0.1) is 0 Å². The first-order chi connectivity index (χ1) is 8.11. The molecular formula is C12H16Cl2N2O2. The van der Waals surface area contributed by atoms with Gasteiger partial charge in [-0.2, -0.15) is 0 Å². The predicted molar refractivity (Wildman–Crippen MR) is 74.1 cm³/mol. The van der Waals surface area contributed by atoms with Gasteiger partial charge in [0.15, 0.2) is 0 Å². The van der Waals surface area contributed by atoms with Crippen molar-refractivity contribution < 1.29 is 9.90 Å². The highest BCUT2D eigenvalue weighted by Gasteiger charge is 2.23. The van der Waals surface area contributed by atoms with Gasteiger partial charge in [-0.25, -0.2) is 0 Å². The second kappa shape index (κ2) is 5.34. The molecular weight excluding hydrogens is 275 g/mol. The van der Waals surface area contributed by atoms with Gasteiger partial charge in [0.1, 0.15) is 0 Å². The summed E-state index contributed by atoms with van der Waals surface area (Å²) in [6, 6.07) is 2.95. The van der Waals surface area contributed by atoms with E-state index in [4.69, 9.17) is 28.9 Å². The van der Waals surface area contributed by atoms with Crippen molar-refractivity contribution in [1.29, 1.82) is 0 Å². The van der Waals surface area contributed by atoms with Crippen molar-refractivity contribution >= 4 is 34.8 Å². The van der Waals surface area contributed by atoms with Crippen molar-refractivity contribution in [3.05, 3.63) is 27.7 Å². The summed E-state index contributed by atoms with van der Waals surface area (Å²) in [4.78, 5) is 13.5. The molecule has 0 fully saturated rings. The predicted octanol–water partition coefficient (Wildman–Crippen LogP) is 2.42.